The number of aryl methyl sites for hydroxylation is 1. The Morgan fingerprint density at radius 2 is 2.03 bits per heavy atom. The fraction of sp³-hybridized carbons (Fsp3) is 0.227. The molecule has 0 bridgehead atoms. The molecule has 1 N–H and O–H groups in total. The number of aromatic nitrogens is 4. The first-order valence-corrected chi connectivity index (χ1v) is 9.46. The molecule has 8 heteroatoms. The standard InChI is InChI=1S/C22H23N5O3/c1-14-19-17(11-18(29-3)20(14)30-4)24-22(25-21(19)28)26(2)12-15-6-5-7-16(10-15)27-9-8-23-13-27/h5-11,13H,12H2,1-4H3,(H,24,25,28). The first-order valence-electron chi connectivity index (χ1n) is 9.46. The monoisotopic (exact) mass is 405 g/mol. The molecule has 0 saturated heterocycles. The van der Waals surface area contributed by atoms with Gasteiger partial charge in [0.1, 0.15) is 0 Å². The highest BCUT2D eigenvalue weighted by Crippen LogP contribution is 2.35. The van der Waals surface area contributed by atoms with Crippen LogP contribution in [0, 0.1) is 6.92 Å². The Morgan fingerprint density at radius 1 is 1.20 bits per heavy atom. The molecular formula is C22H23N5O3. The molecule has 0 fully saturated rings. The third-order valence-corrected chi connectivity index (χ3v) is 5.07. The van der Waals surface area contributed by atoms with Gasteiger partial charge in [-0.15, -0.1) is 0 Å². The van der Waals surface area contributed by atoms with Gasteiger partial charge < -0.3 is 23.9 Å². The Labute approximate surface area is 173 Å². The molecule has 0 amide bonds. The fourth-order valence-corrected chi connectivity index (χ4v) is 3.61. The summed E-state index contributed by atoms with van der Waals surface area (Å²) in [6.45, 7) is 2.40. The lowest BCUT2D eigenvalue weighted by molar-refractivity contribution is 0.354. The highest BCUT2D eigenvalue weighted by molar-refractivity contribution is 5.86. The van der Waals surface area contributed by atoms with E-state index in [-0.39, 0.29) is 5.56 Å². The van der Waals surface area contributed by atoms with Crippen LogP contribution >= 0.6 is 0 Å². The summed E-state index contributed by atoms with van der Waals surface area (Å²) in [6.07, 6.45) is 5.40. The molecule has 154 valence electrons. The van der Waals surface area contributed by atoms with Crippen LogP contribution in [0.4, 0.5) is 5.95 Å². The minimum absolute atomic E-state index is 0.309. The van der Waals surface area contributed by atoms with Crippen molar-refractivity contribution in [2.24, 2.45) is 0 Å². The molecule has 2 aromatic carbocycles. The lowest BCUT2D eigenvalue weighted by atomic mass is 10.1. The minimum Gasteiger partial charge on any atom is -0.493 e. The van der Waals surface area contributed by atoms with Crippen molar-refractivity contribution in [2.45, 2.75) is 13.5 Å². The van der Waals surface area contributed by atoms with Crippen LogP contribution in [0.2, 0.25) is 0 Å². The van der Waals surface area contributed by atoms with Gasteiger partial charge >= 0.3 is 0 Å². The predicted octanol–water partition coefficient (Wildman–Crippen LogP) is 3.07. The zero-order valence-corrected chi connectivity index (χ0v) is 17.3. The normalized spacial score (nSPS) is 10.9. The summed E-state index contributed by atoms with van der Waals surface area (Å²) in [5.74, 6) is 1.58. The van der Waals surface area contributed by atoms with Crippen molar-refractivity contribution in [3.05, 3.63) is 70.5 Å². The molecule has 30 heavy (non-hydrogen) atoms. The van der Waals surface area contributed by atoms with Gasteiger partial charge in [-0.25, -0.2) is 4.98 Å². The zero-order chi connectivity index (χ0) is 21.3. The molecule has 8 nitrogen and oxygen atoms in total. The van der Waals surface area contributed by atoms with E-state index in [0.717, 1.165) is 11.3 Å². The Morgan fingerprint density at radius 3 is 2.73 bits per heavy atom. The molecule has 0 spiro atoms. The Kier molecular flexibility index (Phi) is 5.14. The van der Waals surface area contributed by atoms with E-state index < -0.39 is 0 Å². The number of rotatable bonds is 6. The summed E-state index contributed by atoms with van der Waals surface area (Å²) in [7, 11) is 5.02. The summed E-state index contributed by atoms with van der Waals surface area (Å²) in [6, 6.07) is 9.89. The van der Waals surface area contributed by atoms with E-state index in [9.17, 15) is 4.79 Å². The number of fused-ring (bicyclic) bond motifs is 1. The summed E-state index contributed by atoms with van der Waals surface area (Å²) in [4.78, 5) is 26.3. The quantitative estimate of drug-likeness (QED) is 0.531. The maximum absolute atomic E-state index is 12.8. The van der Waals surface area contributed by atoms with Crippen molar-refractivity contribution in [3.8, 4) is 17.2 Å². The van der Waals surface area contributed by atoms with E-state index in [1.165, 1.54) is 0 Å². The van der Waals surface area contributed by atoms with Gasteiger partial charge in [-0.3, -0.25) is 4.79 Å². The number of anilines is 1. The second-order valence-corrected chi connectivity index (χ2v) is 7.02. The molecule has 0 radical (unpaired) electrons. The molecule has 2 heterocycles. The highest BCUT2D eigenvalue weighted by atomic mass is 16.5. The lowest BCUT2D eigenvalue weighted by Gasteiger charge is -2.19. The van der Waals surface area contributed by atoms with E-state index in [1.807, 2.05) is 47.8 Å². The van der Waals surface area contributed by atoms with Gasteiger partial charge in [0, 0.05) is 43.3 Å². The molecule has 2 aromatic heterocycles. The third kappa shape index (κ3) is 3.47. The number of methoxy groups -OCH3 is 2. The van der Waals surface area contributed by atoms with Crippen molar-refractivity contribution in [2.75, 3.05) is 26.2 Å². The molecule has 0 aliphatic rings. The smallest absolute Gasteiger partial charge is 0.282 e. The number of nitrogens with one attached hydrogen (secondary N) is 1. The van der Waals surface area contributed by atoms with Crippen LogP contribution in [-0.2, 0) is 6.54 Å². The van der Waals surface area contributed by atoms with Crippen molar-refractivity contribution in [1.29, 1.82) is 0 Å². The van der Waals surface area contributed by atoms with Crippen LogP contribution in [0.1, 0.15) is 11.1 Å². The Bertz CT molecular complexity index is 1250. The van der Waals surface area contributed by atoms with Crippen LogP contribution < -0.4 is 19.9 Å². The number of hydrogen-bond acceptors (Lipinski definition) is 6. The van der Waals surface area contributed by atoms with E-state index in [0.29, 0.717) is 40.5 Å². The van der Waals surface area contributed by atoms with Gasteiger partial charge in [-0.1, -0.05) is 12.1 Å². The number of H-pyrrole nitrogens is 1. The maximum Gasteiger partial charge on any atom is 0.282 e. The molecule has 0 aliphatic carbocycles. The lowest BCUT2D eigenvalue weighted by Crippen LogP contribution is -2.23. The summed E-state index contributed by atoms with van der Waals surface area (Å²) >= 11 is 0. The summed E-state index contributed by atoms with van der Waals surface area (Å²) < 4.78 is 12.8. The van der Waals surface area contributed by atoms with E-state index in [4.69, 9.17) is 9.47 Å². The van der Waals surface area contributed by atoms with E-state index in [1.54, 1.807) is 32.8 Å². The molecule has 0 atom stereocenters. The zero-order valence-electron chi connectivity index (χ0n) is 17.3. The summed E-state index contributed by atoms with van der Waals surface area (Å²) in [5.41, 5.74) is 3.14. The number of imidazole rings is 1. The van der Waals surface area contributed by atoms with Crippen LogP contribution in [-0.4, -0.2) is 40.8 Å². The number of aromatic amines is 1. The van der Waals surface area contributed by atoms with E-state index >= 15 is 0 Å². The largest absolute Gasteiger partial charge is 0.493 e. The molecule has 0 unspecified atom stereocenters. The van der Waals surface area contributed by atoms with Crippen molar-refractivity contribution >= 4 is 16.9 Å². The first kappa shape index (κ1) is 19.5. The van der Waals surface area contributed by atoms with Crippen LogP contribution in [0.5, 0.6) is 11.5 Å². The minimum atomic E-state index is -0.309. The third-order valence-electron chi connectivity index (χ3n) is 5.07. The average molecular weight is 405 g/mol. The van der Waals surface area contributed by atoms with Gasteiger partial charge in [0.25, 0.3) is 5.56 Å². The van der Waals surface area contributed by atoms with Crippen molar-refractivity contribution in [3.63, 3.8) is 0 Å². The molecular weight excluding hydrogens is 382 g/mol. The molecule has 4 rings (SSSR count). The number of ether oxygens (including phenoxy) is 2. The topological polar surface area (TPSA) is 85.3 Å². The number of benzene rings is 2. The van der Waals surface area contributed by atoms with Crippen LogP contribution in [0.3, 0.4) is 0 Å². The Hall–Kier alpha value is -3.81. The SMILES string of the molecule is COc1cc2[nH]c(N(C)Cc3cccc(-n4ccnc4)c3)nc(=O)c2c(C)c1OC. The molecule has 0 aliphatic heterocycles. The number of hydrogen-bond donors (Lipinski definition) is 1. The van der Waals surface area contributed by atoms with Crippen LogP contribution in [0.15, 0.2) is 53.8 Å². The van der Waals surface area contributed by atoms with Crippen molar-refractivity contribution < 1.29 is 9.47 Å². The van der Waals surface area contributed by atoms with Gasteiger partial charge in [-0.05, 0) is 24.6 Å². The molecule has 4 aromatic rings. The number of nitrogens with zero attached hydrogens (tertiary/aromatic N) is 4. The van der Waals surface area contributed by atoms with Gasteiger partial charge in [-0.2, -0.15) is 4.98 Å². The maximum atomic E-state index is 12.8. The van der Waals surface area contributed by atoms with Gasteiger partial charge in [0.2, 0.25) is 5.95 Å². The van der Waals surface area contributed by atoms with E-state index in [2.05, 4.69) is 21.0 Å². The van der Waals surface area contributed by atoms with Crippen LogP contribution in [0.25, 0.3) is 16.6 Å². The second kappa shape index (κ2) is 7.90. The second-order valence-electron chi connectivity index (χ2n) is 7.02. The predicted molar refractivity (Wildman–Crippen MR) is 116 cm³/mol. The highest BCUT2D eigenvalue weighted by Gasteiger charge is 2.17. The summed E-state index contributed by atoms with van der Waals surface area (Å²) in [5, 5.41) is 0.493. The van der Waals surface area contributed by atoms with Crippen molar-refractivity contribution in [1.82, 2.24) is 19.5 Å². The van der Waals surface area contributed by atoms with Gasteiger partial charge in [0.05, 0.1) is 31.4 Å². The first-order chi connectivity index (χ1) is 14.5. The van der Waals surface area contributed by atoms with Gasteiger partial charge in [0.15, 0.2) is 11.5 Å². The average Bonchev–Trinajstić information content (AvgIpc) is 3.28. The Balaban J connectivity index is 1.69. The fourth-order valence-electron chi connectivity index (χ4n) is 3.61. The molecule has 0 saturated carbocycles.